The number of carbonyl (C=O) groups excluding carboxylic acids is 3. The number of piperazine rings is 1. The minimum absolute atomic E-state index is 0.0117. The van der Waals surface area contributed by atoms with Gasteiger partial charge in [0.2, 0.25) is 17.7 Å². The number of nitrogens with one attached hydrogen (secondary N) is 2. The smallest absolute Gasteiger partial charge is 0.249 e. The lowest BCUT2D eigenvalue weighted by atomic mass is 9.97. The summed E-state index contributed by atoms with van der Waals surface area (Å²) in [6.07, 6.45) is 1.78. The van der Waals surface area contributed by atoms with E-state index in [1.54, 1.807) is 6.92 Å². The van der Waals surface area contributed by atoms with E-state index in [1.165, 1.54) is 4.90 Å². The van der Waals surface area contributed by atoms with Gasteiger partial charge in [-0.15, -0.1) is 0 Å². The fraction of sp³-hybridized carbons (Fsp3) is 0.727. The van der Waals surface area contributed by atoms with E-state index in [1.807, 2.05) is 0 Å². The zero-order chi connectivity index (χ0) is 12.4. The van der Waals surface area contributed by atoms with Crippen molar-refractivity contribution in [3.05, 3.63) is 0 Å². The lowest BCUT2D eigenvalue weighted by molar-refractivity contribution is -0.151. The second-order valence-electron chi connectivity index (χ2n) is 4.60. The highest BCUT2D eigenvalue weighted by atomic mass is 16.2. The van der Waals surface area contributed by atoms with Crippen LogP contribution in [0.5, 0.6) is 0 Å². The molecule has 2 atom stereocenters. The molecule has 6 nitrogen and oxygen atoms in total. The molecule has 2 N–H and O–H groups in total. The van der Waals surface area contributed by atoms with Gasteiger partial charge in [0.05, 0.1) is 5.92 Å². The number of carbonyl (C=O) groups is 3. The Kier molecular flexibility index (Phi) is 3.42. The summed E-state index contributed by atoms with van der Waals surface area (Å²) >= 11 is 0. The topological polar surface area (TPSA) is 78.5 Å². The zero-order valence-electron chi connectivity index (χ0n) is 9.86. The van der Waals surface area contributed by atoms with Gasteiger partial charge < -0.3 is 10.2 Å². The predicted octanol–water partition coefficient (Wildman–Crippen LogP) is -1.14. The maximum Gasteiger partial charge on any atom is 0.249 e. The van der Waals surface area contributed by atoms with E-state index in [0.717, 1.165) is 19.4 Å². The van der Waals surface area contributed by atoms with Crippen LogP contribution in [0.4, 0.5) is 0 Å². The summed E-state index contributed by atoms with van der Waals surface area (Å²) in [7, 11) is 0. The molecule has 0 bridgehead atoms. The van der Waals surface area contributed by atoms with Crippen LogP contribution in [0.25, 0.3) is 0 Å². The molecule has 0 saturated carbocycles. The normalized spacial score (nSPS) is 30.1. The molecular weight excluding hydrogens is 222 g/mol. The van der Waals surface area contributed by atoms with E-state index in [0.29, 0.717) is 6.54 Å². The SMILES string of the molecule is CC1C(=O)NC(=O)CN1C(=O)[C@H]1CCCNC1. The minimum atomic E-state index is -0.554. The average Bonchev–Trinajstić information content (AvgIpc) is 2.34. The van der Waals surface area contributed by atoms with Gasteiger partial charge in [-0.25, -0.2) is 0 Å². The van der Waals surface area contributed by atoms with E-state index in [2.05, 4.69) is 10.6 Å². The average molecular weight is 239 g/mol. The first-order valence-corrected chi connectivity index (χ1v) is 5.94. The first kappa shape index (κ1) is 12.0. The van der Waals surface area contributed by atoms with Gasteiger partial charge in [-0.05, 0) is 26.3 Å². The van der Waals surface area contributed by atoms with Gasteiger partial charge >= 0.3 is 0 Å². The van der Waals surface area contributed by atoms with Crippen molar-refractivity contribution in [2.75, 3.05) is 19.6 Å². The van der Waals surface area contributed by atoms with E-state index >= 15 is 0 Å². The molecular formula is C11H17N3O3. The molecule has 6 heteroatoms. The summed E-state index contributed by atoms with van der Waals surface area (Å²) in [6, 6.07) is -0.554. The monoisotopic (exact) mass is 239 g/mol. The highest BCUT2D eigenvalue weighted by Crippen LogP contribution is 2.16. The van der Waals surface area contributed by atoms with Gasteiger partial charge in [-0.3, -0.25) is 19.7 Å². The molecule has 2 fully saturated rings. The Labute approximate surface area is 99.7 Å². The molecule has 0 aromatic carbocycles. The van der Waals surface area contributed by atoms with E-state index in [-0.39, 0.29) is 18.4 Å². The van der Waals surface area contributed by atoms with Crippen LogP contribution in [0, 0.1) is 5.92 Å². The second kappa shape index (κ2) is 4.83. The third-order valence-corrected chi connectivity index (χ3v) is 3.35. The van der Waals surface area contributed by atoms with Crippen molar-refractivity contribution in [3.63, 3.8) is 0 Å². The lowest BCUT2D eigenvalue weighted by Crippen LogP contribution is -2.60. The predicted molar refractivity (Wildman–Crippen MR) is 59.9 cm³/mol. The fourth-order valence-corrected chi connectivity index (χ4v) is 2.28. The summed E-state index contributed by atoms with van der Waals surface area (Å²) in [4.78, 5) is 36.3. The maximum atomic E-state index is 12.2. The second-order valence-corrected chi connectivity index (χ2v) is 4.60. The van der Waals surface area contributed by atoms with Crippen molar-refractivity contribution in [2.24, 2.45) is 5.92 Å². The van der Waals surface area contributed by atoms with Crippen molar-refractivity contribution in [1.29, 1.82) is 0 Å². The molecule has 0 aromatic rings. The summed E-state index contributed by atoms with van der Waals surface area (Å²) in [5, 5.41) is 5.39. The molecule has 1 unspecified atom stereocenters. The number of hydrogen-bond acceptors (Lipinski definition) is 4. The molecule has 2 aliphatic rings. The Morgan fingerprint density at radius 2 is 2.18 bits per heavy atom. The molecule has 2 saturated heterocycles. The number of rotatable bonds is 1. The summed E-state index contributed by atoms with van der Waals surface area (Å²) in [6.45, 7) is 3.20. The van der Waals surface area contributed by atoms with Crippen LogP contribution in [0.3, 0.4) is 0 Å². The molecule has 3 amide bonds. The first-order chi connectivity index (χ1) is 8.09. The van der Waals surface area contributed by atoms with Crippen molar-refractivity contribution in [3.8, 4) is 0 Å². The Bertz CT molecular complexity index is 350. The third kappa shape index (κ3) is 2.46. The number of piperidine rings is 1. The summed E-state index contributed by atoms with van der Waals surface area (Å²) < 4.78 is 0. The molecule has 2 heterocycles. The number of hydrogen-bond donors (Lipinski definition) is 2. The van der Waals surface area contributed by atoms with Crippen LogP contribution in [0.1, 0.15) is 19.8 Å². The molecule has 0 radical (unpaired) electrons. The van der Waals surface area contributed by atoms with E-state index in [9.17, 15) is 14.4 Å². The van der Waals surface area contributed by atoms with Gasteiger partial charge in [0, 0.05) is 6.54 Å². The van der Waals surface area contributed by atoms with Crippen LogP contribution < -0.4 is 10.6 Å². The zero-order valence-corrected chi connectivity index (χ0v) is 9.86. The quantitative estimate of drug-likeness (QED) is 0.567. The van der Waals surface area contributed by atoms with E-state index < -0.39 is 17.9 Å². The van der Waals surface area contributed by atoms with E-state index in [4.69, 9.17) is 0 Å². The van der Waals surface area contributed by atoms with Crippen LogP contribution in [-0.4, -0.2) is 48.3 Å². The minimum Gasteiger partial charge on any atom is -0.321 e. The van der Waals surface area contributed by atoms with Gasteiger partial charge in [-0.2, -0.15) is 0 Å². The largest absolute Gasteiger partial charge is 0.321 e. The number of imide groups is 1. The van der Waals surface area contributed by atoms with Crippen molar-refractivity contribution in [1.82, 2.24) is 15.5 Å². The standard InChI is InChI=1S/C11H17N3O3/c1-7-10(16)13-9(15)6-14(7)11(17)8-3-2-4-12-5-8/h7-8,12H,2-6H2,1H3,(H,13,15,16)/t7?,8-/m0/s1. The molecule has 2 rings (SSSR count). The van der Waals surface area contributed by atoms with Gasteiger partial charge in [0.15, 0.2) is 0 Å². The van der Waals surface area contributed by atoms with Crippen molar-refractivity contribution < 1.29 is 14.4 Å². The molecule has 0 aliphatic carbocycles. The van der Waals surface area contributed by atoms with Gasteiger partial charge in [0.25, 0.3) is 0 Å². The summed E-state index contributed by atoms with van der Waals surface area (Å²) in [5.74, 6) is -0.985. The molecule has 94 valence electrons. The highest BCUT2D eigenvalue weighted by Gasteiger charge is 2.36. The summed E-state index contributed by atoms with van der Waals surface area (Å²) in [5.41, 5.74) is 0. The van der Waals surface area contributed by atoms with Crippen LogP contribution in [-0.2, 0) is 14.4 Å². The third-order valence-electron chi connectivity index (χ3n) is 3.35. The van der Waals surface area contributed by atoms with Crippen LogP contribution in [0.15, 0.2) is 0 Å². The Balaban J connectivity index is 2.06. The Hall–Kier alpha value is -1.43. The van der Waals surface area contributed by atoms with Crippen LogP contribution >= 0.6 is 0 Å². The number of nitrogens with zero attached hydrogens (tertiary/aromatic N) is 1. The van der Waals surface area contributed by atoms with Crippen molar-refractivity contribution in [2.45, 2.75) is 25.8 Å². The first-order valence-electron chi connectivity index (χ1n) is 5.94. The number of amides is 3. The Morgan fingerprint density at radius 1 is 1.41 bits per heavy atom. The fourth-order valence-electron chi connectivity index (χ4n) is 2.28. The molecule has 0 aromatic heterocycles. The molecule has 2 aliphatic heterocycles. The maximum absolute atomic E-state index is 12.2. The Morgan fingerprint density at radius 3 is 2.82 bits per heavy atom. The van der Waals surface area contributed by atoms with Crippen molar-refractivity contribution >= 4 is 17.7 Å². The molecule has 0 spiro atoms. The highest BCUT2D eigenvalue weighted by molar-refractivity contribution is 6.04. The molecule has 17 heavy (non-hydrogen) atoms. The van der Waals surface area contributed by atoms with Crippen LogP contribution in [0.2, 0.25) is 0 Å². The van der Waals surface area contributed by atoms with Gasteiger partial charge in [0.1, 0.15) is 12.6 Å². The van der Waals surface area contributed by atoms with Gasteiger partial charge in [-0.1, -0.05) is 0 Å². The lowest BCUT2D eigenvalue weighted by Gasteiger charge is -2.35.